The van der Waals surface area contributed by atoms with E-state index in [4.69, 9.17) is 23.2 Å². The van der Waals surface area contributed by atoms with Gasteiger partial charge in [-0.15, -0.1) is 0 Å². The summed E-state index contributed by atoms with van der Waals surface area (Å²) in [5.74, 6) is -0.840. The van der Waals surface area contributed by atoms with E-state index in [0.29, 0.717) is 27.7 Å². The number of carbonyl (C=O) groups excluding carboxylic acids is 2. The molecule has 2 amide bonds. The minimum atomic E-state index is -4.19. The highest BCUT2D eigenvalue weighted by Gasteiger charge is 2.34. The minimum absolute atomic E-state index is 0.00728. The number of rotatable bonds is 12. The molecular weight excluding hydrogens is 581 g/mol. The van der Waals surface area contributed by atoms with Gasteiger partial charge in [0.15, 0.2) is 0 Å². The fraction of sp³-hybridized carbons (Fsp3) is 0.355. The van der Waals surface area contributed by atoms with Crippen molar-refractivity contribution in [3.8, 4) is 0 Å². The van der Waals surface area contributed by atoms with Crippen LogP contribution in [0.15, 0.2) is 71.6 Å². The van der Waals surface area contributed by atoms with Gasteiger partial charge in [0.2, 0.25) is 11.8 Å². The summed E-state index contributed by atoms with van der Waals surface area (Å²) >= 11 is 12.5. The predicted molar refractivity (Wildman–Crippen MR) is 166 cm³/mol. The van der Waals surface area contributed by atoms with Gasteiger partial charge in [0.1, 0.15) is 12.6 Å². The smallest absolute Gasteiger partial charge is 0.264 e. The Kier molecular flexibility index (Phi) is 11.2. The van der Waals surface area contributed by atoms with E-state index in [1.54, 1.807) is 36.4 Å². The van der Waals surface area contributed by atoms with Crippen LogP contribution in [0.2, 0.25) is 10.0 Å². The molecule has 0 saturated heterocycles. The summed E-state index contributed by atoms with van der Waals surface area (Å²) < 4.78 is 29.0. The van der Waals surface area contributed by atoms with Crippen molar-refractivity contribution in [2.75, 3.05) is 10.8 Å². The molecule has 0 fully saturated rings. The molecule has 7 nitrogen and oxygen atoms in total. The lowest BCUT2D eigenvalue weighted by molar-refractivity contribution is -0.140. The van der Waals surface area contributed by atoms with Crippen LogP contribution in [0.4, 0.5) is 5.69 Å². The van der Waals surface area contributed by atoms with Crippen LogP contribution in [0.5, 0.6) is 0 Å². The molecule has 0 saturated carbocycles. The van der Waals surface area contributed by atoms with Crippen LogP contribution in [0, 0.1) is 13.8 Å². The zero-order valence-corrected chi connectivity index (χ0v) is 26.4. The Bertz CT molecular complexity index is 1480. The van der Waals surface area contributed by atoms with Crippen LogP contribution >= 0.6 is 23.2 Å². The van der Waals surface area contributed by atoms with Crippen molar-refractivity contribution in [1.82, 2.24) is 10.2 Å². The number of nitrogens with zero attached hydrogens (tertiary/aromatic N) is 2. The number of hydrogen-bond donors (Lipinski definition) is 1. The van der Waals surface area contributed by atoms with Gasteiger partial charge in [0.05, 0.1) is 10.6 Å². The van der Waals surface area contributed by atoms with Gasteiger partial charge >= 0.3 is 0 Å². The van der Waals surface area contributed by atoms with E-state index < -0.39 is 28.5 Å². The lowest BCUT2D eigenvalue weighted by Gasteiger charge is -2.34. The largest absolute Gasteiger partial charge is 0.352 e. The van der Waals surface area contributed by atoms with Crippen molar-refractivity contribution < 1.29 is 18.0 Å². The summed E-state index contributed by atoms with van der Waals surface area (Å²) in [6.45, 7) is 8.99. The maximum Gasteiger partial charge on any atom is 0.264 e. The Balaban J connectivity index is 2.10. The Morgan fingerprint density at radius 2 is 1.56 bits per heavy atom. The first kappa shape index (κ1) is 32.4. The molecule has 0 spiro atoms. The second-order valence-electron chi connectivity index (χ2n) is 10.1. The average molecular weight is 619 g/mol. The third kappa shape index (κ3) is 8.03. The molecule has 0 aliphatic carbocycles. The van der Waals surface area contributed by atoms with Gasteiger partial charge in [-0.1, -0.05) is 61.3 Å². The van der Waals surface area contributed by atoms with Crippen molar-refractivity contribution in [2.45, 2.75) is 71.0 Å². The molecule has 41 heavy (non-hydrogen) atoms. The first-order valence-corrected chi connectivity index (χ1v) is 15.8. The fourth-order valence-corrected chi connectivity index (χ4v) is 6.04. The molecule has 0 heterocycles. The van der Waals surface area contributed by atoms with Crippen molar-refractivity contribution in [1.29, 1.82) is 0 Å². The number of halogens is 2. The standard InChI is InChI=1S/C31H37Cl2N3O4S/c1-6-23(5)34-31(38)29(7-2)35(19-24-10-8-9-11-28(24)33)30(37)20-36(26-15-12-21(3)22(4)18-26)41(39,40)27-16-13-25(32)14-17-27/h8-18,23,29H,6-7,19-20H2,1-5H3,(H,34,38). The van der Waals surface area contributed by atoms with Crippen molar-refractivity contribution in [3.05, 3.63) is 93.5 Å². The van der Waals surface area contributed by atoms with Crippen LogP contribution in [0.3, 0.4) is 0 Å². The molecule has 3 rings (SSSR count). The van der Waals surface area contributed by atoms with E-state index in [9.17, 15) is 18.0 Å². The van der Waals surface area contributed by atoms with Crippen molar-refractivity contribution >= 4 is 50.7 Å². The first-order chi connectivity index (χ1) is 19.4. The fourth-order valence-electron chi connectivity index (χ4n) is 4.31. The number of nitrogens with one attached hydrogen (secondary N) is 1. The number of hydrogen-bond acceptors (Lipinski definition) is 4. The number of benzene rings is 3. The zero-order chi connectivity index (χ0) is 30.3. The van der Waals surface area contributed by atoms with Crippen LogP contribution < -0.4 is 9.62 Å². The number of amides is 2. The van der Waals surface area contributed by atoms with E-state index in [-0.39, 0.29) is 23.4 Å². The lowest BCUT2D eigenvalue weighted by atomic mass is 10.1. The molecule has 3 aromatic rings. The summed E-state index contributed by atoms with van der Waals surface area (Å²) in [5.41, 5.74) is 2.84. The van der Waals surface area contributed by atoms with E-state index in [1.165, 1.54) is 29.2 Å². The molecule has 220 valence electrons. The predicted octanol–water partition coefficient (Wildman–Crippen LogP) is 6.53. The third-order valence-corrected chi connectivity index (χ3v) is 9.55. The summed E-state index contributed by atoms with van der Waals surface area (Å²) in [6, 6.07) is 17.2. The van der Waals surface area contributed by atoms with Gasteiger partial charge in [-0.3, -0.25) is 13.9 Å². The molecule has 0 bridgehead atoms. The zero-order valence-electron chi connectivity index (χ0n) is 24.0. The number of carbonyl (C=O) groups is 2. The number of aryl methyl sites for hydroxylation is 2. The van der Waals surface area contributed by atoms with Crippen LogP contribution in [0.25, 0.3) is 0 Å². The van der Waals surface area contributed by atoms with Gasteiger partial charge in [0.25, 0.3) is 10.0 Å². The monoisotopic (exact) mass is 617 g/mol. The van der Waals surface area contributed by atoms with Crippen molar-refractivity contribution in [3.63, 3.8) is 0 Å². The SMILES string of the molecule is CCC(C)NC(=O)C(CC)N(Cc1ccccc1Cl)C(=O)CN(c1ccc(C)c(C)c1)S(=O)(=O)c1ccc(Cl)cc1. The Labute approximate surface area is 253 Å². The molecule has 3 aromatic carbocycles. The summed E-state index contributed by atoms with van der Waals surface area (Å²) in [7, 11) is -4.19. The van der Waals surface area contributed by atoms with Gasteiger partial charge in [0, 0.05) is 22.6 Å². The average Bonchev–Trinajstić information content (AvgIpc) is 2.94. The van der Waals surface area contributed by atoms with Gasteiger partial charge in [-0.25, -0.2) is 8.42 Å². The lowest BCUT2D eigenvalue weighted by Crippen LogP contribution is -2.53. The van der Waals surface area contributed by atoms with Gasteiger partial charge < -0.3 is 10.2 Å². The highest BCUT2D eigenvalue weighted by atomic mass is 35.5. The Hall–Kier alpha value is -3.07. The first-order valence-electron chi connectivity index (χ1n) is 13.6. The minimum Gasteiger partial charge on any atom is -0.352 e. The van der Waals surface area contributed by atoms with Gasteiger partial charge in [-0.05, 0) is 92.8 Å². The molecule has 2 unspecified atom stereocenters. The summed E-state index contributed by atoms with van der Waals surface area (Å²) in [6.07, 6.45) is 1.05. The summed E-state index contributed by atoms with van der Waals surface area (Å²) in [5, 5.41) is 3.80. The van der Waals surface area contributed by atoms with E-state index >= 15 is 0 Å². The highest BCUT2D eigenvalue weighted by Crippen LogP contribution is 2.28. The van der Waals surface area contributed by atoms with E-state index in [1.807, 2.05) is 40.7 Å². The van der Waals surface area contributed by atoms with E-state index in [2.05, 4.69) is 5.32 Å². The molecule has 0 aliphatic rings. The molecule has 0 aromatic heterocycles. The third-order valence-electron chi connectivity index (χ3n) is 7.14. The Morgan fingerprint density at radius 3 is 2.15 bits per heavy atom. The second kappa shape index (κ2) is 14.2. The summed E-state index contributed by atoms with van der Waals surface area (Å²) in [4.78, 5) is 28.9. The number of anilines is 1. The molecule has 10 heteroatoms. The van der Waals surface area contributed by atoms with Crippen LogP contribution in [-0.4, -0.2) is 43.8 Å². The van der Waals surface area contributed by atoms with Crippen LogP contribution in [0.1, 0.15) is 50.3 Å². The molecule has 2 atom stereocenters. The maximum absolute atomic E-state index is 14.2. The number of sulfonamides is 1. The normalized spacial score (nSPS) is 12.9. The maximum atomic E-state index is 14.2. The molecule has 0 radical (unpaired) electrons. The quantitative estimate of drug-likeness (QED) is 0.250. The molecule has 1 N–H and O–H groups in total. The van der Waals surface area contributed by atoms with Gasteiger partial charge in [-0.2, -0.15) is 0 Å². The van der Waals surface area contributed by atoms with Crippen LogP contribution in [-0.2, 0) is 26.2 Å². The van der Waals surface area contributed by atoms with E-state index in [0.717, 1.165) is 21.9 Å². The second-order valence-corrected chi connectivity index (χ2v) is 12.8. The molecular formula is C31H37Cl2N3O4S. The topological polar surface area (TPSA) is 86.8 Å². The molecule has 0 aliphatic heterocycles. The Morgan fingerprint density at radius 1 is 0.902 bits per heavy atom. The van der Waals surface area contributed by atoms with Crippen molar-refractivity contribution in [2.24, 2.45) is 0 Å². The highest BCUT2D eigenvalue weighted by molar-refractivity contribution is 7.92.